The van der Waals surface area contributed by atoms with Gasteiger partial charge in [0.2, 0.25) is 0 Å². The Morgan fingerprint density at radius 3 is 2.44 bits per heavy atom. The standard InChI is InChI=1S/C13H6Cl2FIO/c14-8-2-3-9(11(16)6-8)13(18)7-1-4-12(17)10(15)5-7/h1-6H. The monoisotopic (exact) mass is 394 g/mol. The quantitative estimate of drug-likeness (QED) is 0.519. The maximum atomic E-state index is 13.6. The molecule has 0 heterocycles. The molecule has 5 heteroatoms. The molecule has 0 saturated carbocycles. The molecule has 0 aliphatic carbocycles. The van der Waals surface area contributed by atoms with E-state index in [4.69, 9.17) is 23.2 Å². The normalized spacial score (nSPS) is 10.4. The molecule has 1 nitrogen and oxygen atoms in total. The molecule has 0 bridgehead atoms. The van der Waals surface area contributed by atoms with E-state index in [0.29, 0.717) is 10.6 Å². The lowest BCUT2D eigenvalue weighted by Gasteiger charge is -2.04. The predicted molar refractivity (Wildman–Crippen MR) is 79.0 cm³/mol. The van der Waals surface area contributed by atoms with Gasteiger partial charge in [0.15, 0.2) is 5.78 Å². The Morgan fingerprint density at radius 1 is 1.11 bits per heavy atom. The summed E-state index contributed by atoms with van der Waals surface area (Å²) in [6.07, 6.45) is 0. The number of hydrogen-bond donors (Lipinski definition) is 0. The van der Waals surface area contributed by atoms with Crippen molar-refractivity contribution in [3.05, 3.63) is 67.0 Å². The summed E-state index contributed by atoms with van der Waals surface area (Å²) >= 11 is 13.6. The first-order valence-electron chi connectivity index (χ1n) is 4.94. The summed E-state index contributed by atoms with van der Waals surface area (Å²) in [5, 5.41) is 0.723. The smallest absolute Gasteiger partial charge is 0.196 e. The molecule has 0 aliphatic rings. The Hall–Kier alpha value is -0.650. The largest absolute Gasteiger partial charge is 0.288 e. The Labute approximate surface area is 127 Å². The van der Waals surface area contributed by atoms with E-state index in [1.807, 2.05) is 0 Å². The third-order valence-corrected chi connectivity index (χ3v) is 4.16. The Morgan fingerprint density at radius 2 is 1.83 bits per heavy atom. The predicted octanol–water partition coefficient (Wildman–Crippen LogP) is 4.97. The fourth-order valence-electron chi connectivity index (χ4n) is 1.47. The van der Waals surface area contributed by atoms with Gasteiger partial charge in [-0.25, -0.2) is 4.39 Å². The van der Waals surface area contributed by atoms with Gasteiger partial charge in [-0.1, -0.05) is 23.2 Å². The van der Waals surface area contributed by atoms with Crippen LogP contribution in [0.2, 0.25) is 10.0 Å². The summed E-state index contributed by atoms with van der Waals surface area (Å²) in [7, 11) is 0. The van der Waals surface area contributed by atoms with Crippen molar-refractivity contribution in [3.63, 3.8) is 0 Å². The van der Waals surface area contributed by atoms with Crippen molar-refractivity contribution in [2.45, 2.75) is 0 Å². The molecule has 0 unspecified atom stereocenters. The summed E-state index contributed by atoms with van der Waals surface area (Å²) in [6, 6.07) is 8.81. The van der Waals surface area contributed by atoms with Crippen molar-refractivity contribution in [2.24, 2.45) is 0 Å². The van der Waals surface area contributed by atoms with E-state index in [1.165, 1.54) is 18.2 Å². The Bertz CT molecular complexity index is 628. The van der Waals surface area contributed by atoms with Crippen molar-refractivity contribution in [3.8, 4) is 0 Å². The van der Waals surface area contributed by atoms with Crippen LogP contribution in [-0.2, 0) is 0 Å². The van der Waals surface area contributed by atoms with Crippen LogP contribution in [0.5, 0.6) is 0 Å². The van der Waals surface area contributed by atoms with Gasteiger partial charge in [0.1, 0.15) is 5.82 Å². The number of benzene rings is 2. The number of carbonyl (C=O) groups is 1. The SMILES string of the molecule is O=C(c1ccc(I)c(Cl)c1)c1ccc(Cl)cc1F. The molecule has 0 atom stereocenters. The van der Waals surface area contributed by atoms with Crippen LogP contribution in [0.15, 0.2) is 36.4 Å². The third kappa shape index (κ3) is 2.84. The minimum absolute atomic E-state index is 0.0170. The first kappa shape index (κ1) is 13.8. The lowest BCUT2D eigenvalue weighted by molar-refractivity contribution is 0.103. The van der Waals surface area contributed by atoms with Crippen LogP contribution < -0.4 is 0 Å². The highest BCUT2D eigenvalue weighted by molar-refractivity contribution is 14.1. The fourth-order valence-corrected chi connectivity index (χ4v) is 2.14. The summed E-state index contributed by atoms with van der Waals surface area (Å²) in [6.45, 7) is 0. The molecule has 0 N–H and O–H groups in total. The Kier molecular flexibility index (Phi) is 4.25. The molecular formula is C13H6Cl2FIO. The molecule has 0 saturated heterocycles. The average molecular weight is 395 g/mol. The van der Waals surface area contributed by atoms with Crippen LogP contribution in [0.4, 0.5) is 4.39 Å². The van der Waals surface area contributed by atoms with Gasteiger partial charge in [0.25, 0.3) is 0 Å². The van der Waals surface area contributed by atoms with Crippen molar-refractivity contribution < 1.29 is 9.18 Å². The average Bonchev–Trinajstić information content (AvgIpc) is 2.32. The van der Waals surface area contributed by atoms with E-state index in [2.05, 4.69) is 22.6 Å². The lowest BCUT2D eigenvalue weighted by atomic mass is 10.0. The number of hydrogen-bond acceptors (Lipinski definition) is 1. The number of carbonyl (C=O) groups excluding carboxylic acids is 1. The summed E-state index contributed by atoms with van der Waals surface area (Å²) < 4.78 is 14.5. The van der Waals surface area contributed by atoms with Crippen molar-refractivity contribution in [1.29, 1.82) is 0 Å². The summed E-state index contributed by atoms with van der Waals surface area (Å²) in [4.78, 5) is 12.1. The number of ketones is 1. The third-order valence-electron chi connectivity index (χ3n) is 2.36. The second kappa shape index (κ2) is 5.55. The molecule has 2 aromatic rings. The van der Waals surface area contributed by atoms with Crippen LogP contribution in [0.1, 0.15) is 15.9 Å². The molecule has 0 radical (unpaired) electrons. The molecule has 2 aromatic carbocycles. The van der Waals surface area contributed by atoms with E-state index in [-0.39, 0.29) is 10.6 Å². The molecule has 0 spiro atoms. The highest BCUT2D eigenvalue weighted by Crippen LogP contribution is 2.23. The van der Waals surface area contributed by atoms with Gasteiger partial charge in [-0.15, -0.1) is 0 Å². The van der Waals surface area contributed by atoms with Gasteiger partial charge >= 0.3 is 0 Å². The van der Waals surface area contributed by atoms with Crippen molar-refractivity contribution >= 4 is 51.6 Å². The lowest BCUT2D eigenvalue weighted by Crippen LogP contribution is -2.04. The topological polar surface area (TPSA) is 17.1 Å². The van der Waals surface area contributed by atoms with E-state index >= 15 is 0 Å². The molecule has 18 heavy (non-hydrogen) atoms. The maximum absolute atomic E-state index is 13.6. The van der Waals surface area contributed by atoms with Crippen LogP contribution >= 0.6 is 45.8 Å². The summed E-state index contributed by atoms with van der Waals surface area (Å²) in [5.41, 5.74) is 0.332. The first-order valence-corrected chi connectivity index (χ1v) is 6.77. The second-order valence-electron chi connectivity index (χ2n) is 3.58. The number of rotatable bonds is 2. The minimum atomic E-state index is -0.637. The van der Waals surface area contributed by atoms with Crippen LogP contribution in [-0.4, -0.2) is 5.78 Å². The zero-order valence-corrected chi connectivity index (χ0v) is 12.6. The summed E-state index contributed by atoms with van der Waals surface area (Å²) in [5.74, 6) is -1.05. The molecule has 0 fully saturated rings. The van der Waals surface area contributed by atoms with Gasteiger partial charge in [0, 0.05) is 14.2 Å². The van der Waals surface area contributed by atoms with Gasteiger partial charge in [-0.3, -0.25) is 4.79 Å². The van der Waals surface area contributed by atoms with E-state index in [0.717, 1.165) is 9.64 Å². The number of halogens is 4. The maximum Gasteiger partial charge on any atom is 0.196 e. The van der Waals surface area contributed by atoms with Crippen LogP contribution in [0, 0.1) is 9.39 Å². The first-order chi connectivity index (χ1) is 8.49. The van der Waals surface area contributed by atoms with Gasteiger partial charge in [0.05, 0.1) is 10.6 Å². The molecule has 2 rings (SSSR count). The van der Waals surface area contributed by atoms with E-state index in [1.54, 1.807) is 12.1 Å². The minimum Gasteiger partial charge on any atom is -0.288 e. The second-order valence-corrected chi connectivity index (χ2v) is 5.59. The van der Waals surface area contributed by atoms with Crippen molar-refractivity contribution in [2.75, 3.05) is 0 Å². The van der Waals surface area contributed by atoms with E-state index in [9.17, 15) is 9.18 Å². The van der Waals surface area contributed by atoms with Gasteiger partial charge in [-0.05, 0) is 59.0 Å². The molecule has 0 aromatic heterocycles. The highest BCUT2D eigenvalue weighted by Gasteiger charge is 2.15. The highest BCUT2D eigenvalue weighted by atomic mass is 127. The fraction of sp³-hybridized carbons (Fsp3) is 0. The zero-order valence-electron chi connectivity index (χ0n) is 8.88. The van der Waals surface area contributed by atoms with Gasteiger partial charge in [-0.2, -0.15) is 0 Å². The molecule has 0 amide bonds. The van der Waals surface area contributed by atoms with Crippen LogP contribution in [0.3, 0.4) is 0 Å². The Balaban J connectivity index is 2.44. The van der Waals surface area contributed by atoms with Gasteiger partial charge < -0.3 is 0 Å². The molecule has 0 aliphatic heterocycles. The van der Waals surface area contributed by atoms with E-state index < -0.39 is 11.6 Å². The van der Waals surface area contributed by atoms with Crippen molar-refractivity contribution in [1.82, 2.24) is 0 Å². The van der Waals surface area contributed by atoms with Crippen LogP contribution in [0.25, 0.3) is 0 Å². The molecular weight excluding hydrogens is 389 g/mol. The zero-order chi connectivity index (χ0) is 13.3. The molecule has 92 valence electrons.